The average Bonchev–Trinajstić information content (AvgIpc) is 3.13. The van der Waals surface area contributed by atoms with Gasteiger partial charge in [0.15, 0.2) is 0 Å². The number of imide groups is 2. The van der Waals surface area contributed by atoms with Crippen LogP contribution in [0.1, 0.15) is 27.8 Å². The van der Waals surface area contributed by atoms with Gasteiger partial charge in [-0.05, 0) is 61.7 Å². The monoisotopic (exact) mass is 463 g/mol. The Kier molecular flexibility index (Phi) is 5.57. The summed E-state index contributed by atoms with van der Waals surface area (Å²) in [6, 6.07) is 20.9. The Morgan fingerprint density at radius 2 is 1.57 bits per heavy atom. The van der Waals surface area contributed by atoms with Crippen molar-refractivity contribution < 1.29 is 14.4 Å². The third-order valence-electron chi connectivity index (χ3n) is 6.12. The van der Waals surface area contributed by atoms with Gasteiger partial charge in [-0.15, -0.1) is 0 Å². The summed E-state index contributed by atoms with van der Waals surface area (Å²) >= 11 is 0. The Labute approximate surface area is 203 Å². The van der Waals surface area contributed by atoms with E-state index < -0.39 is 17.8 Å². The lowest BCUT2D eigenvalue weighted by Gasteiger charge is -2.26. The molecule has 0 bridgehead atoms. The highest BCUT2D eigenvalue weighted by atomic mass is 16.2. The zero-order chi connectivity index (χ0) is 24.7. The number of carbonyl (C=O) groups excluding carboxylic acids is 3. The number of para-hydroxylation sites is 1. The Bertz CT molecular complexity index is 1520. The first-order chi connectivity index (χ1) is 16.8. The first kappa shape index (κ1) is 22.3. The summed E-state index contributed by atoms with van der Waals surface area (Å²) in [5.74, 6) is -1.34. The quantitative estimate of drug-likeness (QED) is 0.331. The highest BCUT2D eigenvalue weighted by Gasteiger charge is 2.37. The van der Waals surface area contributed by atoms with Crippen LogP contribution in [0, 0.1) is 20.8 Å². The number of aryl methyl sites for hydroxylation is 3. The fourth-order valence-corrected chi connectivity index (χ4v) is 4.66. The second kappa shape index (κ2) is 8.72. The van der Waals surface area contributed by atoms with Gasteiger partial charge >= 0.3 is 6.03 Å². The number of hydrogen-bond acceptors (Lipinski definition) is 3. The van der Waals surface area contributed by atoms with E-state index in [0.29, 0.717) is 12.2 Å². The van der Waals surface area contributed by atoms with Gasteiger partial charge in [0, 0.05) is 29.2 Å². The molecule has 6 nitrogen and oxygen atoms in total. The Hall–Kier alpha value is -4.45. The van der Waals surface area contributed by atoms with Gasteiger partial charge in [-0.3, -0.25) is 14.9 Å². The summed E-state index contributed by atoms with van der Waals surface area (Å²) in [6.07, 6.45) is 3.52. The number of rotatable bonds is 4. The second-order valence-electron chi connectivity index (χ2n) is 9.02. The molecule has 1 aromatic heterocycles. The van der Waals surface area contributed by atoms with Gasteiger partial charge in [-0.1, -0.05) is 54.1 Å². The Balaban J connectivity index is 1.58. The highest BCUT2D eigenvalue weighted by molar-refractivity contribution is 6.39. The molecule has 1 fully saturated rings. The van der Waals surface area contributed by atoms with E-state index in [2.05, 4.69) is 35.0 Å². The fraction of sp³-hybridized carbons (Fsp3) is 0.138. The molecule has 0 atom stereocenters. The van der Waals surface area contributed by atoms with E-state index in [1.807, 2.05) is 56.4 Å². The van der Waals surface area contributed by atoms with Crippen LogP contribution in [0.4, 0.5) is 10.5 Å². The van der Waals surface area contributed by atoms with Gasteiger partial charge in [0.05, 0.1) is 5.69 Å². The molecule has 174 valence electrons. The molecule has 35 heavy (non-hydrogen) atoms. The number of carbonyl (C=O) groups is 3. The van der Waals surface area contributed by atoms with Crippen LogP contribution in [0.2, 0.25) is 0 Å². The van der Waals surface area contributed by atoms with Crippen LogP contribution in [0.5, 0.6) is 0 Å². The molecule has 3 aromatic carbocycles. The highest BCUT2D eigenvalue weighted by Crippen LogP contribution is 2.28. The summed E-state index contributed by atoms with van der Waals surface area (Å²) in [5, 5.41) is 3.24. The van der Waals surface area contributed by atoms with Crippen molar-refractivity contribution in [2.75, 3.05) is 4.90 Å². The summed E-state index contributed by atoms with van der Waals surface area (Å²) < 4.78 is 2.11. The largest absolute Gasteiger partial charge is 0.342 e. The molecule has 0 saturated carbocycles. The van der Waals surface area contributed by atoms with Gasteiger partial charge in [-0.25, -0.2) is 9.69 Å². The molecule has 1 aliphatic heterocycles. The lowest BCUT2D eigenvalue weighted by molar-refractivity contribution is -0.122. The van der Waals surface area contributed by atoms with Crippen LogP contribution in [-0.2, 0) is 16.1 Å². The molecule has 0 spiro atoms. The van der Waals surface area contributed by atoms with E-state index in [1.165, 1.54) is 5.56 Å². The Morgan fingerprint density at radius 3 is 2.31 bits per heavy atom. The predicted octanol–water partition coefficient (Wildman–Crippen LogP) is 5.28. The number of benzene rings is 3. The standard InChI is InChI=1S/C29H25N3O3/c1-18-7-6-8-21(12-18)16-31-17-22(24-9-4-5-10-26(24)31)15-25-27(33)30-29(35)32(28(25)34)23-13-19(2)11-20(3)14-23/h4-15,17H,16H2,1-3H3,(H,30,33,35)/b25-15+. The molecule has 1 saturated heterocycles. The summed E-state index contributed by atoms with van der Waals surface area (Å²) in [5.41, 5.74) is 6.26. The minimum absolute atomic E-state index is 0.0813. The van der Waals surface area contributed by atoms with E-state index in [4.69, 9.17) is 0 Å². The van der Waals surface area contributed by atoms with Gasteiger partial charge < -0.3 is 4.57 Å². The summed E-state index contributed by atoms with van der Waals surface area (Å²) in [4.78, 5) is 39.8. The number of urea groups is 1. The van der Waals surface area contributed by atoms with Crippen molar-refractivity contribution in [2.45, 2.75) is 27.3 Å². The van der Waals surface area contributed by atoms with Gasteiger partial charge in [0.25, 0.3) is 11.8 Å². The smallest absolute Gasteiger partial charge is 0.335 e. The van der Waals surface area contributed by atoms with Gasteiger partial charge in [-0.2, -0.15) is 0 Å². The van der Waals surface area contributed by atoms with Crippen molar-refractivity contribution in [3.05, 3.63) is 106 Å². The molecule has 2 heterocycles. The molecule has 5 rings (SSSR count). The van der Waals surface area contributed by atoms with Crippen molar-refractivity contribution >= 4 is 40.5 Å². The SMILES string of the molecule is Cc1cccc(Cn2cc(/C=C3\C(=O)NC(=O)N(c4cc(C)cc(C)c4)C3=O)c3ccccc32)c1. The normalized spacial score (nSPS) is 15.2. The maximum absolute atomic E-state index is 13.4. The first-order valence-corrected chi connectivity index (χ1v) is 11.4. The molecule has 0 radical (unpaired) electrons. The predicted molar refractivity (Wildman–Crippen MR) is 137 cm³/mol. The maximum atomic E-state index is 13.4. The van der Waals surface area contributed by atoms with E-state index in [9.17, 15) is 14.4 Å². The van der Waals surface area contributed by atoms with Gasteiger partial charge in [0.2, 0.25) is 0 Å². The third kappa shape index (κ3) is 4.26. The molecular formula is C29H25N3O3. The molecule has 1 aliphatic rings. The maximum Gasteiger partial charge on any atom is 0.335 e. The molecule has 4 aromatic rings. The van der Waals surface area contributed by atoms with Crippen LogP contribution < -0.4 is 10.2 Å². The number of anilines is 1. The number of barbiturate groups is 1. The Morgan fingerprint density at radius 1 is 0.829 bits per heavy atom. The topological polar surface area (TPSA) is 71.4 Å². The number of fused-ring (bicyclic) bond motifs is 1. The average molecular weight is 464 g/mol. The van der Waals surface area contributed by atoms with Crippen molar-refractivity contribution in [3.8, 4) is 0 Å². The molecule has 1 N–H and O–H groups in total. The number of nitrogens with one attached hydrogen (secondary N) is 1. The van der Waals surface area contributed by atoms with Crippen LogP contribution in [0.3, 0.4) is 0 Å². The zero-order valence-electron chi connectivity index (χ0n) is 19.8. The van der Waals surface area contributed by atoms with Crippen LogP contribution in [-0.4, -0.2) is 22.4 Å². The summed E-state index contributed by atoms with van der Waals surface area (Å²) in [6.45, 7) is 6.50. The molecule has 0 aliphatic carbocycles. The van der Waals surface area contributed by atoms with E-state index >= 15 is 0 Å². The second-order valence-corrected chi connectivity index (χ2v) is 9.02. The van der Waals surface area contributed by atoms with Crippen molar-refractivity contribution in [2.24, 2.45) is 0 Å². The number of aromatic nitrogens is 1. The van der Waals surface area contributed by atoms with Crippen molar-refractivity contribution in [1.82, 2.24) is 9.88 Å². The molecule has 4 amide bonds. The summed E-state index contributed by atoms with van der Waals surface area (Å²) in [7, 11) is 0. The van der Waals surface area contributed by atoms with Crippen LogP contribution >= 0.6 is 0 Å². The van der Waals surface area contributed by atoms with Crippen molar-refractivity contribution in [1.29, 1.82) is 0 Å². The number of hydrogen-bond donors (Lipinski definition) is 1. The van der Waals surface area contributed by atoms with E-state index in [0.717, 1.165) is 38.1 Å². The number of nitrogens with zero attached hydrogens (tertiary/aromatic N) is 2. The fourth-order valence-electron chi connectivity index (χ4n) is 4.66. The molecule has 0 unspecified atom stereocenters. The minimum Gasteiger partial charge on any atom is -0.342 e. The first-order valence-electron chi connectivity index (χ1n) is 11.4. The van der Waals surface area contributed by atoms with Gasteiger partial charge in [0.1, 0.15) is 5.57 Å². The number of amides is 4. The minimum atomic E-state index is -0.746. The lowest BCUT2D eigenvalue weighted by Crippen LogP contribution is -2.54. The lowest BCUT2D eigenvalue weighted by atomic mass is 10.0. The zero-order valence-corrected chi connectivity index (χ0v) is 19.8. The third-order valence-corrected chi connectivity index (χ3v) is 6.12. The molecular weight excluding hydrogens is 438 g/mol. The molecule has 6 heteroatoms. The van der Waals surface area contributed by atoms with Crippen LogP contribution in [0.25, 0.3) is 17.0 Å². The van der Waals surface area contributed by atoms with E-state index in [-0.39, 0.29) is 5.57 Å². The van der Waals surface area contributed by atoms with Crippen LogP contribution in [0.15, 0.2) is 78.5 Å². The van der Waals surface area contributed by atoms with Crippen molar-refractivity contribution in [3.63, 3.8) is 0 Å². The van der Waals surface area contributed by atoms with E-state index in [1.54, 1.807) is 18.2 Å².